The Bertz CT molecular complexity index is 805. The van der Waals surface area contributed by atoms with Crippen LogP contribution in [0.4, 0.5) is 0 Å². The summed E-state index contributed by atoms with van der Waals surface area (Å²) >= 11 is 0. The van der Waals surface area contributed by atoms with E-state index in [1.807, 2.05) is 0 Å². The Morgan fingerprint density at radius 2 is 2.16 bits per heavy atom. The van der Waals surface area contributed by atoms with Gasteiger partial charge in [-0.2, -0.15) is 0 Å². The average Bonchev–Trinajstić information content (AvgIpc) is 3.12. The van der Waals surface area contributed by atoms with Gasteiger partial charge in [-0.25, -0.2) is 17.5 Å². The van der Waals surface area contributed by atoms with E-state index in [0.29, 0.717) is 12.0 Å². The molecular weight excluding hydrogens is 346 g/mol. The molecule has 1 aliphatic heterocycles. The van der Waals surface area contributed by atoms with Crippen molar-refractivity contribution in [3.05, 3.63) is 35.4 Å². The Morgan fingerprint density at radius 1 is 1.40 bits per heavy atom. The number of nitrogens with zero attached hydrogens (tertiary/aromatic N) is 1. The summed E-state index contributed by atoms with van der Waals surface area (Å²) < 4.78 is 31.5. The van der Waals surface area contributed by atoms with Crippen molar-refractivity contribution in [2.45, 2.75) is 25.0 Å². The monoisotopic (exact) mass is 367 g/mol. The molecule has 0 amide bonds. The van der Waals surface area contributed by atoms with E-state index in [1.165, 1.54) is 17.5 Å². The molecule has 2 aliphatic rings. The molecule has 1 saturated carbocycles. The minimum absolute atomic E-state index is 0.0338. The fourth-order valence-electron chi connectivity index (χ4n) is 4.01. The van der Waals surface area contributed by atoms with Crippen molar-refractivity contribution < 1.29 is 27.9 Å². The second-order valence-corrected chi connectivity index (χ2v) is 8.76. The number of hydrogen-bond donors (Lipinski definition) is 1. The lowest BCUT2D eigenvalue weighted by Gasteiger charge is -2.23. The quantitative estimate of drug-likeness (QED) is 0.791. The molecule has 2 fully saturated rings. The van der Waals surface area contributed by atoms with Crippen molar-refractivity contribution in [3.8, 4) is 0 Å². The number of hydrogen-bond acceptors (Lipinski definition) is 5. The molecule has 0 aromatic heterocycles. The number of carboxylic acids is 1. The van der Waals surface area contributed by atoms with Gasteiger partial charge in [-0.3, -0.25) is 4.79 Å². The van der Waals surface area contributed by atoms with Crippen LogP contribution < -0.4 is 0 Å². The molecule has 2 atom stereocenters. The molecule has 0 bridgehead atoms. The van der Waals surface area contributed by atoms with Gasteiger partial charge >= 0.3 is 11.9 Å². The van der Waals surface area contributed by atoms with Crippen molar-refractivity contribution in [1.82, 2.24) is 4.31 Å². The van der Waals surface area contributed by atoms with Crippen molar-refractivity contribution in [2.24, 2.45) is 11.3 Å². The summed E-state index contributed by atoms with van der Waals surface area (Å²) in [5, 5.41) is 9.60. The third-order valence-electron chi connectivity index (χ3n) is 5.36. The third kappa shape index (κ3) is 3.16. The highest BCUT2D eigenvalue weighted by Gasteiger charge is 2.56. The van der Waals surface area contributed by atoms with Gasteiger partial charge in [0.15, 0.2) is 0 Å². The van der Waals surface area contributed by atoms with Gasteiger partial charge in [-0.15, -0.1) is 0 Å². The number of ether oxygens (including phenoxy) is 1. The van der Waals surface area contributed by atoms with Crippen LogP contribution in [0.5, 0.6) is 0 Å². The van der Waals surface area contributed by atoms with E-state index in [2.05, 4.69) is 4.74 Å². The summed E-state index contributed by atoms with van der Waals surface area (Å²) in [6.45, 7) is 0.289. The van der Waals surface area contributed by atoms with Gasteiger partial charge in [0.05, 0.1) is 23.8 Å². The number of carbonyl (C=O) groups excluding carboxylic acids is 1. The molecule has 0 spiro atoms. The molecule has 1 aromatic rings. The Morgan fingerprint density at radius 3 is 2.80 bits per heavy atom. The normalized spacial score (nSPS) is 26.4. The number of carbonyl (C=O) groups is 2. The van der Waals surface area contributed by atoms with Gasteiger partial charge < -0.3 is 9.84 Å². The predicted molar refractivity (Wildman–Crippen MR) is 89.4 cm³/mol. The lowest BCUT2D eigenvalue weighted by molar-refractivity contribution is -0.149. The van der Waals surface area contributed by atoms with E-state index in [1.54, 1.807) is 18.2 Å². The van der Waals surface area contributed by atoms with Gasteiger partial charge in [0, 0.05) is 13.1 Å². The van der Waals surface area contributed by atoms with E-state index >= 15 is 0 Å². The van der Waals surface area contributed by atoms with E-state index in [-0.39, 0.29) is 30.3 Å². The van der Waals surface area contributed by atoms with Crippen molar-refractivity contribution >= 4 is 22.0 Å². The van der Waals surface area contributed by atoms with Gasteiger partial charge in [0.25, 0.3) is 0 Å². The molecular formula is C17H21NO6S. The zero-order chi connectivity index (χ0) is 18.2. The highest BCUT2D eigenvalue weighted by Crippen LogP contribution is 2.49. The smallest absolute Gasteiger partial charge is 0.337 e. The van der Waals surface area contributed by atoms with Crippen molar-refractivity contribution in [2.75, 3.05) is 20.2 Å². The summed E-state index contributed by atoms with van der Waals surface area (Å²) in [5.74, 6) is -1.82. The minimum Gasteiger partial charge on any atom is -0.481 e. The molecule has 8 heteroatoms. The number of fused-ring (bicyclic) bond motifs is 1. The molecule has 136 valence electrons. The fourth-order valence-corrected chi connectivity index (χ4v) is 5.63. The average molecular weight is 367 g/mol. The maximum absolute atomic E-state index is 12.8. The van der Waals surface area contributed by atoms with Crippen LogP contribution in [0.3, 0.4) is 0 Å². The summed E-state index contributed by atoms with van der Waals surface area (Å²) in [7, 11) is -2.39. The lowest BCUT2D eigenvalue weighted by Crippen LogP contribution is -2.37. The molecule has 1 saturated heterocycles. The molecule has 0 radical (unpaired) electrons. The summed E-state index contributed by atoms with van der Waals surface area (Å²) in [4.78, 5) is 23.3. The van der Waals surface area contributed by atoms with Crippen LogP contribution in [0.1, 0.15) is 35.2 Å². The van der Waals surface area contributed by atoms with Gasteiger partial charge in [0.1, 0.15) is 0 Å². The zero-order valence-corrected chi connectivity index (χ0v) is 14.8. The summed E-state index contributed by atoms with van der Waals surface area (Å²) in [5.41, 5.74) is -0.180. The summed E-state index contributed by atoms with van der Waals surface area (Å²) in [6, 6.07) is 6.29. The van der Waals surface area contributed by atoms with E-state index < -0.39 is 27.4 Å². The fraction of sp³-hybridized carbons (Fsp3) is 0.529. The molecule has 1 aliphatic carbocycles. The maximum atomic E-state index is 12.8. The number of esters is 1. The Hall–Kier alpha value is -1.93. The van der Waals surface area contributed by atoms with Gasteiger partial charge in [0.2, 0.25) is 10.0 Å². The summed E-state index contributed by atoms with van der Waals surface area (Å²) in [6.07, 6.45) is 2.10. The van der Waals surface area contributed by atoms with Gasteiger partial charge in [-0.05, 0) is 36.5 Å². The molecule has 1 aromatic carbocycles. The number of rotatable bonds is 5. The first kappa shape index (κ1) is 17.9. The van der Waals surface area contributed by atoms with Crippen LogP contribution in [0, 0.1) is 11.3 Å². The lowest BCUT2D eigenvalue weighted by atomic mass is 9.81. The van der Waals surface area contributed by atoms with Crippen LogP contribution in [-0.2, 0) is 25.3 Å². The number of carboxylic acid groups (broad SMARTS) is 1. The molecule has 3 rings (SSSR count). The second kappa shape index (κ2) is 6.42. The Kier molecular flexibility index (Phi) is 4.59. The topological polar surface area (TPSA) is 101 Å². The van der Waals surface area contributed by atoms with E-state index in [4.69, 9.17) is 0 Å². The van der Waals surface area contributed by atoms with Crippen LogP contribution in [-0.4, -0.2) is 50.0 Å². The standard InChI is InChI=1S/C17H21NO6S/c1-24-15(19)13-5-2-4-12(8-13)10-25(22,23)18-9-14-6-3-7-17(14,11-18)16(20)21/h2,4-5,8,14H,3,6-7,9-11H2,1H3,(H,20,21)/t14-,17+/m0/s1. The third-order valence-corrected chi connectivity index (χ3v) is 7.12. The van der Waals surface area contributed by atoms with Crippen LogP contribution >= 0.6 is 0 Å². The highest BCUT2D eigenvalue weighted by atomic mass is 32.2. The molecule has 7 nitrogen and oxygen atoms in total. The Labute approximate surface area is 146 Å². The minimum atomic E-state index is -3.66. The van der Waals surface area contributed by atoms with E-state index in [9.17, 15) is 23.1 Å². The first-order valence-electron chi connectivity index (χ1n) is 8.17. The second-order valence-electron chi connectivity index (χ2n) is 6.79. The first-order valence-corrected chi connectivity index (χ1v) is 9.78. The molecule has 25 heavy (non-hydrogen) atoms. The zero-order valence-electron chi connectivity index (χ0n) is 14.0. The number of benzene rings is 1. The van der Waals surface area contributed by atoms with E-state index in [0.717, 1.165) is 12.8 Å². The van der Waals surface area contributed by atoms with Gasteiger partial charge in [-0.1, -0.05) is 18.6 Å². The van der Waals surface area contributed by atoms with Crippen LogP contribution in [0.2, 0.25) is 0 Å². The van der Waals surface area contributed by atoms with Crippen molar-refractivity contribution in [3.63, 3.8) is 0 Å². The largest absolute Gasteiger partial charge is 0.481 e. The molecule has 1 N–H and O–H groups in total. The van der Waals surface area contributed by atoms with Crippen LogP contribution in [0.25, 0.3) is 0 Å². The van der Waals surface area contributed by atoms with Crippen LogP contribution in [0.15, 0.2) is 24.3 Å². The molecule has 1 heterocycles. The highest BCUT2D eigenvalue weighted by molar-refractivity contribution is 7.88. The predicted octanol–water partition coefficient (Wildman–Crippen LogP) is 1.49. The number of methoxy groups -OCH3 is 1. The number of aliphatic carboxylic acids is 1. The van der Waals surface area contributed by atoms with Crippen molar-refractivity contribution in [1.29, 1.82) is 0 Å². The SMILES string of the molecule is COC(=O)c1cccc(CS(=O)(=O)N2C[C@@H]3CCC[C@@]3(C(=O)O)C2)c1. The number of sulfonamides is 1. The Balaban J connectivity index is 1.80. The molecule has 0 unspecified atom stereocenters. The maximum Gasteiger partial charge on any atom is 0.337 e. The first-order chi connectivity index (χ1) is 11.8.